The molecule has 2 rings (SSSR count). The third-order valence-electron chi connectivity index (χ3n) is 3.46. The van der Waals surface area contributed by atoms with Crippen molar-refractivity contribution in [1.82, 2.24) is 4.90 Å². The SMILES string of the molecule is O=C(O)N1CCCC([C@@H](O)c2ccc(F)c(Cl)c2)C1. The first-order valence-corrected chi connectivity index (χ1v) is 6.47. The number of aliphatic hydroxyl groups excluding tert-OH is 1. The summed E-state index contributed by atoms with van der Waals surface area (Å²) in [6, 6.07) is 4.07. The Morgan fingerprint density at radius 3 is 2.89 bits per heavy atom. The molecular formula is C13H15ClFNO3. The van der Waals surface area contributed by atoms with Gasteiger partial charge in [0.2, 0.25) is 0 Å². The summed E-state index contributed by atoms with van der Waals surface area (Å²) in [7, 11) is 0. The average Bonchev–Trinajstić information content (AvgIpc) is 2.41. The molecule has 0 aliphatic carbocycles. The second-order valence-electron chi connectivity index (χ2n) is 4.75. The lowest BCUT2D eigenvalue weighted by molar-refractivity contribution is 0.0503. The van der Waals surface area contributed by atoms with Gasteiger partial charge in [0.25, 0.3) is 0 Å². The highest BCUT2D eigenvalue weighted by molar-refractivity contribution is 6.30. The first-order chi connectivity index (χ1) is 8.99. The molecule has 2 atom stereocenters. The summed E-state index contributed by atoms with van der Waals surface area (Å²) in [6.07, 6.45) is -0.364. The molecule has 4 nitrogen and oxygen atoms in total. The molecule has 0 saturated carbocycles. The van der Waals surface area contributed by atoms with Crippen molar-refractivity contribution in [2.24, 2.45) is 5.92 Å². The number of nitrogens with zero attached hydrogens (tertiary/aromatic N) is 1. The minimum absolute atomic E-state index is 0.0394. The van der Waals surface area contributed by atoms with Crippen LogP contribution in [0.5, 0.6) is 0 Å². The van der Waals surface area contributed by atoms with E-state index in [4.69, 9.17) is 16.7 Å². The molecule has 1 aliphatic heterocycles. The maximum absolute atomic E-state index is 13.1. The molecule has 104 valence electrons. The molecule has 19 heavy (non-hydrogen) atoms. The highest BCUT2D eigenvalue weighted by atomic mass is 35.5. The molecule has 0 radical (unpaired) electrons. The van der Waals surface area contributed by atoms with Gasteiger partial charge in [-0.1, -0.05) is 17.7 Å². The number of aliphatic hydroxyl groups is 1. The van der Waals surface area contributed by atoms with Crippen LogP contribution in [0.4, 0.5) is 9.18 Å². The Morgan fingerprint density at radius 1 is 1.53 bits per heavy atom. The van der Waals surface area contributed by atoms with E-state index in [2.05, 4.69) is 0 Å². The standard InChI is InChI=1S/C13H15ClFNO3/c14-10-6-8(3-4-11(10)15)12(17)9-2-1-5-16(7-9)13(18)19/h3-4,6,9,12,17H,1-2,5,7H2,(H,18,19)/t9?,12-/m0/s1. The number of benzene rings is 1. The van der Waals surface area contributed by atoms with Crippen molar-refractivity contribution in [2.45, 2.75) is 18.9 Å². The van der Waals surface area contributed by atoms with Crippen molar-refractivity contribution in [1.29, 1.82) is 0 Å². The molecule has 0 aromatic heterocycles. The van der Waals surface area contributed by atoms with Gasteiger partial charge in [0.1, 0.15) is 5.82 Å². The van der Waals surface area contributed by atoms with E-state index in [-0.39, 0.29) is 17.5 Å². The first kappa shape index (κ1) is 14.1. The third kappa shape index (κ3) is 3.16. The van der Waals surface area contributed by atoms with Crippen LogP contribution in [-0.4, -0.2) is 34.3 Å². The Hall–Kier alpha value is -1.33. The monoisotopic (exact) mass is 287 g/mol. The van der Waals surface area contributed by atoms with Gasteiger partial charge in [-0.05, 0) is 30.5 Å². The zero-order valence-electron chi connectivity index (χ0n) is 10.2. The number of amides is 1. The van der Waals surface area contributed by atoms with Crippen LogP contribution in [0.2, 0.25) is 5.02 Å². The van der Waals surface area contributed by atoms with Gasteiger partial charge in [0, 0.05) is 19.0 Å². The quantitative estimate of drug-likeness (QED) is 0.879. The number of halogens is 2. The Bertz CT molecular complexity index is 483. The zero-order chi connectivity index (χ0) is 14.0. The van der Waals surface area contributed by atoms with E-state index in [1.807, 2.05) is 0 Å². The highest BCUT2D eigenvalue weighted by Crippen LogP contribution is 2.31. The number of carbonyl (C=O) groups is 1. The Labute approximate surface area is 115 Å². The second-order valence-corrected chi connectivity index (χ2v) is 5.16. The molecule has 1 saturated heterocycles. The van der Waals surface area contributed by atoms with Gasteiger partial charge in [0.05, 0.1) is 11.1 Å². The van der Waals surface area contributed by atoms with Crippen LogP contribution in [0.15, 0.2) is 18.2 Å². The van der Waals surface area contributed by atoms with Crippen LogP contribution >= 0.6 is 11.6 Å². The van der Waals surface area contributed by atoms with Crippen molar-refractivity contribution in [2.75, 3.05) is 13.1 Å². The average molecular weight is 288 g/mol. The van der Waals surface area contributed by atoms with Crippen LogP contribution in [0, 0.1) is 11.7 Å². The summed E-state index contributed by atoms with van der Waals surface area (Å²) in [5.41, 5.74) is 0.517. The smallest absolute Gasteiger partial charge is 0.407 e. The Kier molecular flexibility index (Phi) is 4.27. The Balaban J connectivity index is 2.12. The first-order valence-electron chi connectivity index (χ1n) is 6.10. The van der Waals surface area contributed by atoms with Crippen molar-refractivity contribution in [3.8, 4) is 0 Å². The molecule has 2 N–H and O–H groups in total. The van der Waals surface area contributed by atoms with E-state index in [0.717, 1.165) is 6.42 Å². The minimum atomic E-state index is -0.978. The summed E-state index contributed by atoms with van der Waals surface area (Å²) in [5.74, 6) is -0.722. The molecule has 6 heteroatoms. The fourth-order valence-corrected chi connectivity index (χ4v) is 2.60. The summed E-state index contributed by atoms with van der Waals surface area (Å²) >= 11 is 5.69. The predicted molar refractivity (Wildman–Crippen MR) is 68.7 cm³/mol. The minimum Gasteiger partial charge on any atom is -0.465 e. The lowest BCUT2D eigenvalue weighted by Crippen LogP contribution is -2.40. The summed E-state index contributed by atoms with van der Waals surface area (Å²) in [5, 5.41) is 19.2. The topological polar surface area (TPSA) is 60.8 Å². The molecule has 1 unspecified atom stereocenters. The number of carboxylic acid groups (broad SMARTS) is 1. The molecule has 1 fully saturated rings. The Morgan fingerprint density at radius 2 is 2.26 bits per heavy atom. The van der Waals surface area contributed by atoms with Crippen LogP contribution in [0.1, 0.15) is 24.5 Å². The van der Waals surface area contributed by atoms with Crippen LogP contribution < -0.4 is 0 Å². The number of hydrogen-bond acceptors (Lipinski definition) is 2. The third-order valence-corrected chi connectivity index (χ3v) is 3.75. The van der Waals surface area contributed by atoms with Gasteiger partial charge >= 0.3 is 6.09 Å². The maximum Gasteiger partial charge on any atom is 0.407 e. The van der Waals surface area contributed by atoms with E-state index in [1.165, 1.54) is 23.1 Å². The summed E-state index contributed by atoms with van der Waals surface area (Å²) in [6.45, 7) is 0.772. The molecule has 0 spiro atoms. The van der Waals surface area contributed by atoms with E-state index in [1.54, 1.807) is 0 Å². The van der Waals surface area contributed by atoms with Crippen LogP contribution in [0.3, 0.4) is 0 Å². The van der Waals surface area contributed by atoms with E-state index in [9.17, 15) is 14.3 Å². The number of piperidine rings is 1. The molecule has 1 amide bonds. The van der Waals surface area contributed by atoms with Gasteiger partial charge in [-0.2, -0.15) is 0 Å². The van der Waals surface area contributed by atoms with E-state index in [0.29, 0.717) is 18.5 Å². The summed E-state index contributed by atoms with van der Waals surface area (Å²) < 4.78 is 13.1. The normalized spacial score (nSPS) is 21.2. The number of rotatable bonds is 2. The van der Waals surface area contributed by atoms with Gasteiger partial charge in [-0.25, -0.2) is 9.18 Å². The van der Waals surface area contributed by atoms with Gasteiger partial charge in [-0.15, -0.1) is 0 Å². The molecule has 1 aromatic carbocycles. The molecule has 1 aliphatic rings. The lowest BCUT2D eigenvalue weighted by Gasteiger charge is -2.33. The number of likely N-dealkylation sites (tertiary alicyclic amines) is 1. The van der Waals surface area contributed by atoms with Crippen molar-refractivity contribution in [3.05, 3.63) is 34.6 Å². The maximum atomic E-state index is 13.1. The molecular weight excluding hydrogens is 273 g/mol. The molecule has 1 heterocycles. The zero-order valence-corrected chi connectivity index (χ0v) is 11.0. The fourth-order valence-electron chi connectivity index (χ4n) is 2.41. The van der Waals surface area contributed by atoms with E-state index >= 15 is 0 Å². The lowest BCUT2D eigenvalue weighted by atomic mass is 9.89. The van der Waals surface area contributed by atoms with Crippen LogP contribution in [0.25, 0.3) is 0 Å². The highest BCUT2D eigenvalue weighted by Gasteiger charge is 2.29. The number of hydrogen-bond donors (Lipinski definition) is 2. The van der Waals surface area contributed by atoms with Gasteiger partial charge in [0.15, 0.2) is 0 Å². The second kappa shape index (κ2) is 5.75. The largest absolute Gasteiger partial charge is 0.465 e. The fraction of sp³-hybridized carbons (Fsp3) is 0.462. The molecule has 1 aromatic rings. The van der Waals surface area contributed by atoms with Gasteiger partial charge < -0.3 is 15.1 Å². The van der Waals surface area contributed by atoms with Crippen molar-refractivity contribution >= 4 is 17.7 Å². The predicted octanol–water partition coefficient (Wildman–Crippen LogP) is 2.90. The van der Waals surface area contributed by atoms with Crippen molar-refractivity contribution < 1.29 is 19.4 Å². The molecule has 0 bridgehead atoms. The van der Waals surface area contributed by atoms with Gasteiger partial charge in [-0.3, -0.25) is 0 Å². The van der Waals surface area contributed by atoms with Crippen molar-refractivity contribution in [3.63, 3.8) is 0 Å². The van der Waals surface area contributed by atoms with Crippen LogP contribution in [-0.2, 0) is 0 Å². The summed E-state index contributed by atoms with van der Waals surface area (Å²) in [4.78, 5) is 12.2. The van der Waals surface area contributed by atoms with E-state index < -0.39 is 18.0 Å².